The van der Waals surface area contributed by atoms with Gasteiger partial charge in [-0.2, -0.15) is 0 Å². The Bertz CT molecular complexity index is 838. The smallest absolute Gasteiger partial charge is 0.246 e. The molecule has 0 spiro atoms. The Hall–Kier alpha value is -3.01. The van der Waals surface area contributed by atoms with Crippen LogP contribution in [0.4, 0.5) is 11.4 Å². The van der Waals surface area contributed by atoms with Crippen LogP contribution in [0.1, 0.15) is 6.92 Å². The van der Waals surface area contributed by atoms with E-state index in [4.69, 9.17) is 4.74 Å². The van der Waals surface area contributed by atoms with Crippen molar-refractivity contribution in [3.05, 3.63) is 66.7 Å². The Morgan fingerprint density at radius 2 is 1.67 bits per heavy atom. The van der Waals surface area contributed by atoms with Crippen LogP contribution in [0, 0.1) is 0 Å². The molecular weight excluding hydrogens is 300 g/mol. The number of nitrogens with one attached hydrogen (secondary N) is 2. The third-order valence-corrected chi connectivity index (χ3v) is 3.91. The second kappa shape index (κ2) is 7.04. The normalized spacial score (nSPS) is 11.8. The number of benzene rings is 3. The summed E-state index contributed by atoms with van der Waals surface area (Å²) in [5.41, 5.74) is 1.69. The Balaban J connectivity index is 1.71. The molecule has 0 radical (unpaired) electrons. The minimum absolute atomic E-state index is 0.0813. The number of fused-ring (bicyclic) bond motifs is 1. The van der Waals surface area contributed by atoms with Gasteiger partial charge in [0, 0.05) is 16.8 Å². The van der Waals surface area contributed by atoms with Crippen molar-refractivity contribution >= 4 is 28.1 Å². The minimum atomic E-state index is -0.364. The highest BCUT2D eigenvalue weighted by atomic mass is 16.5. The maximum absolute atomic E-state index is 12.5. The lowest BCUT2D eigenvalue weighted by atomic mass is 10.1. The fourth-order valence-electron chi connectivity index (χ4n) is 2.58. The maximum Gasteiger partial charge on any atom is 0.246 e. The molecule has 1 amide bonds. The lowest BCUT2D eigenvalue weighted by molar-refractivity contribution is -0.116. The van der Waals surface area contributed by atoms with Crippen LogP contribution in [0.3, 0.4) is 0 Å². The monoisotopic (exact) mass is 320 g/mol. The topological polar surface area (TPSA) is 50.4 Å². The first-order chi connectivity index (χ1) is 11.7. The number of amides is 1. The molecule has 0 aliphatic carbocycles. The predicted octanol–water partition coefficient (Wildman–Crippen LogP) is 4.29. The van der Waals surface area contributed by atoms with Gasteiger partial charge in [0.15, 0.2) is 0 Å². The molecule has 0 heterocycles. The molecule has 0 fully saturated rings. The molecule has 4 heteroatoms. The van der Waals surface area contributed by atoms with Gasteiger partial charge in [0.2, 0.25) is 5.91 Å². The molecule has 3 aromatic rings. The van der Waals surface area contributed by atoms with Gasteiger partial charge in [0.05, 0.1) is 7.11 Å². The largest absolute Gasteiger partial charge is 0.497 e. The zero-order valence-electron chi connectivity index (χ0n) is 13.7. The van der Waals surface area contributed by atoms with Crippen molar-refractivity contribution in [1.29, 1.82) is 0 Å². The average molecular weight is 320 g/mol. The predicted molar refractivity (Wildman–Crippen MR) is 98.7 cm³/mol. The summed E-state index contributed by atoms with van der Waals surface area (Å²) < 4.78 is 5.13. The zero-order chi connectivity index (χ0) is 16.9. The molecule has 0 bridgehead atoms. The van der Waals surface area contributed by atoms with Gasteiger partial charge < -0.3 is 15.4 Å². The molecular formula is C20H20N2O2. The van der Waals surface area contributed by atoms with Crippen LogP contribution in [-0.2, 0) is 4.79 Å². The molecule has 0 aliphatic rings. The van der Waals surface area contributed by atoms with Gasteiger partial charge in [-0.1, -0.05) is 36.4 Å². The summed E-state index contributed by atoms with van der Waals surface area (Å²) in [4.78, 5) is 12.5. The molecule has 0 saturated carbocycles. The van der Waals surface area contributed by atoms with E-state index in [1.807, 2.05) is 73.7 Å². The van der Waals surface area contributed by atoms with Crippen LogP contribution in [0.2, 0.25) is 0 Å². The van der Waals surface area contributed by atoms with Crippen molar-refractivity contribution in [3.8, 4) is 5.75 Å². The first kappa shape index (κ1) is 15.9. The van der Waals surface area contributed by atoms with Gasteiger partial charge in [0.25, 0.3) is 0 Å². The Morgan fingerprint density at radius 1 is 0.958 bits per heavy atom. The average Bonchev–Trinajstić information content (AvgIpc) is 2.62. The highest BCUT2D eigenvalue weighted by Gasteiger charge is 2.14. The standard InChI is InChI=1S/C20H20N2O2/c1-14(21-16-10-12-17(24-2)13-11-16)20(23)22-19-9-5-7-15-6-3-4-8-18(15)19/h3-14,21H,1-2H3,(H,22,23)/t14-/m1/s1. The van der Waals surface area contributed by atoms with E-state index in [9.17, 15) is 4.79 Å². The van der Waals surface area contributed by atoms with Crippen LogP contribution in [-0.4, -0.2) is 19.1 Å². The van der Waals surface area contributed by atoms with Crippen LogP contribution in [0.5, 0.6) is 5.75 Å². The Kier molecular flexibility index (Phi) is 4.66. The fourth-order valence-corrected chi connectivity index (χ4v) is 2.58. The van der Waals surface area contributed by atoms with Crippen molar-refractivity contribution in [2.24, 2.45) is 0 Å². The summed E-state index contributed by atoms with van der Waals surface area (Å²) >= 11 is 0. The van der Waals surface area contributed by atoms with Gasteiger partial charge in [-0.25, -0.2) is 0 Å². The van der Waals surface area contributed by atoms with Crippen molar-refractivity contribution in [2.75, 3.05) is 17.7 Å². The number of carbonyl (C=O) groups excluding carboxylic acids is 1. The van der Waals surface area contributed by atoms with E-state index < -0.39 is 0 Å². The molecule has 122 valence electrons. The van der Waals surface area contributed by atoms with Gasteiger partial charge in [-0.15, -0.1) is 0 Å². The summed E-state index contributed by atoms with van der Waals surface area (Å²) in [6.07, 6.45) is 0. The second-order valence-electron chi connectivity index (χ2n) is 5.61. The number of methoxy groups -OCH3 is 1. The molecule has 4 nitrogen and oxygen atoms in total. The molecule has 0 aromatic heterocycles. The number of hydrogen-bond acceptors (Lipinski definition) is 3. The molecule has 0 aliphatic heterocycles. The first-order valence-corrected chi connectivity index (χ1v) is 7.86. The summed E-state index contributed by atoms with van der Waals surface area (Å²) in [6, 6.07) is 21.0. The van der Waals surface area contributed by atoms with E-state index in [0.717, 1.165) is 27.9 Å². The highest BCUT2D eigenvalue weighted by Crippen LogP contribution is 2.23. The van der Waals surface area contributed by atoms with Gasteiger partial charge in [0.1, 0.15) is 11.8 Å². The van der Waals surface area contributed by atoms with Crippen molar-refractivity contribution in [3.63, 3.8) is 0 Å². The number of ether oxygens (including phenoxy) is 1. The van der Waals surface area contributed by atoms with Crippen molar-refractivity contribution in [1.82, 2.24) is 0 Å². The van der Waals surface area contributed by atoms with E-state index in [1.165, 1.54) is 0 Å². The SMILES string of the molecule is COc1ccc(N[C@H](C)C(=O)Nc2cccc3ccccc23)cc1. The van der Waals surface area contributed by atoms with E-state index >= 15 is 0 Å². The van der Waals surface area contributed by atoms with E-state index in [-0.39, 0.29) is 11.9 Å². The lowest BCUT2D eigenvalue weighted by Gasteiger charge is -2.16. The van der Waals surface area contributed by atoms with Crippen molar-refractivity contribution in [2.45, 2.75) is 13.0 Å². The number of hydrogen-bond donors (Lipinski definition) is 2. The van der Waals surface area contributed by atoms with Gasteiger partial charge in [-0.3, -0.25) is 4.79 Å². The third kappa shape index (κ3) is 3.49. The molecule has 0 unspecified atom stereocenters. The Labute approximate surface area is 141 Å². The van der Waals surface area contributed by atoms with Gasteiger partial charge >= 0.3 is 0 Å². The van der Waals surface area contributed by atoms with Crippen LogP contribution in [0.25, 0.3) is 10.8 Å². The summed E-state index contributed by atoms with van der Waals surface area (Å²) in [7, 11) is 1.63. The Morgan fingerprint density at radius 3 is 2.42 bits per heavy atom. The minimum Gasteiger partial charge on any atom is -0.497 e. The van der Waals surface area contributed by atoms with Crippen LogP contribution in [0.15, 0.2) is 66.7 Å². The molecule has 2 N–H and O–H groups in total. The summed E-state index contributed by atoms with van der Waals surface area (Å²) in [6.45, 7) is 1.84. The van der Waals surface area contributed by atoms with Crippen LogP contribution >= 0.6 is 0 Å². The summed E-state index contributed by atoms with van der Waals surface area (Å²) in [5.74, 6) is 0.704. The molecule has 3 aromatic carbocycles. The number of carbonyl (C=O) groups is 1. The first-order valence-electron chi connectivity index (χ1n) is 7.86. The molecule has 1 atom stereocenters. The molecule has 24 heavy (non-hydrogen) atoms. The zero-order valence-corrected chi connectivity index (χ0v) is 13.7. The van der Waals surface area contributed by atoms with Crippen molar-refractivity contribution < 1.29 is 9.53 Å². The molecule has 3 rings (SSSR count). The van der Waals surface area contributed by atoms with Crippen LogP contribution < -0.4 is 15.4 Å². The summed E-state index contributed by atoms with van der Waals surface area (Å²) in [5, 5.41) is 8.33. The van der Waals surface area contributed by atoms with E-state index in [1.54, 1.807) is 7.11 Å². The fraction of sp³-hybridized carbons (Fsp3) is 0.150. The molecule has 0 saturated heterocycles. The maximum atomic E-state index is 12.5. The number of rotatable bonds is 5. The third-order valence-electron chi connectivity index (χ3n) is 3.91. The van der Waals surface area contributed by atoms with E-state index in [2.05, 4.69) is 10.6 Å². The quantitative estimate of drug-likeness (QED) is 0.737. The van der Waals surface area contributed by atoms with Gasteiger partial charge in [-0.05, 0) is 42.6 Å². The van der Waals surface area contributed by atoms with E-state index in [0.29, 0.717) is 0 Å². The second-order valence-corrected chi connectivity index (χ2v) is 5.61. The number of anilines is 2. The highest BCUT2D eigenvalue weighted by molar-refractivity contribution is 6.04. The lowest BCUT2D eigenvalue weighted by Crippen LogP contribution is -2.31.